The van der Waals surface area contributed by atoms with Gasteiger partial charge in [0.2, 0.25) is 0 Å². The van der Waals surface area contributed by atoms with E-state index in [1.165, 1.54) is 0 Å². The number of amides is 1. The molecule has 12 heteroatoms. The number of halogens is 1. The van der Waals surface area contributed by atoms with Gasteiger partial charge in [0, 0.05) is 17.7 Å². The zero-order valence-electron chi connectivity index (χ0n) is 12.7. The molecular weight excluding hydrogens is 390 g/mol. The van der Waals surface area contributed by atoms with Gasteiger partial charge in [-0.3, -0.25) is 20.3 Å². The lowest BCUT2D eigenvalue weighted by Crippen LogP contribution is -2.41. The Morgan fingerprint density at radius 2 is 1.65 bits per heavy atom. The number of hydrogen-bond acceptors (Lipinski definition) is 6. The predicted octanol–water partition coefficient (Wildman–Crippen LogP) is 1.57. The Morgan fingerprint density at radius 3 is 2.19 bits per heavy atom. The van der Waals surface area contributed by atoms with E-state index in [-0.39, 0.29) is 21.8 Å². The highest BCUT2D eigenvalue weighted by Gasteiger charge is 2.21. The largest absolute Gasteiger partial charge is 0.478 e. The second-order valence-electron chi connectivity index (χ2n) is 4.81. The van der Waals surface area contributed by atoms with E-state index in [2.05, 4.69) is 0 Å². The molecule has 0 atom stereocenters. The van der Waals surface area contributed by atoms with Crippen molar-refractivity contribution in [3.05, 3.63) is 68.7 Å². The molecule has 3 N–H and O–H groups in total. The van der Waals surface area contributed by atoms with Gasteiger partial charge in [0.15, 0.2) is 0 Å². The number of carboxylic acid groups (broad SMARTS) is 1. The number of aromatic carboxylic acids is 1. The van der Waals surface area contributed by atoms with Gasteiger partial charge in [0.05, 0.1) is 15.5 Å². The molecule has 0 aromatic heterocycles. The zero-order valence-corrected chi connectivity index (χ0v) is 14.2. The third-order valence-corrected chi connectivity index (χ3v) is 4.84. The molecule has 0 bridgehead atoms. The van der Waals surface area contributed by atoms with E-state index < -0.39 is 31.7 Å². The van der Waals surface area contributed by atoms with Crippen molar-refractivity contribution in [2.45, 2.75) is 4.90 Å². The first-order chi connectivity index (χ1) is 12.1. The monoisotopic (exact) mass is 399 g/mol. The molecule has 0 saturated carbocycles. The van der Waals surface area contributed by atoms with Gasteiger partial charge in [-0.1, -0.05) is 11.6 Å². The Balaban J connectivity index is 2.17. The summed E-state index contributed by atoms with van der Waals surface area (Å²) in [6.07, 6.45) is 0. The summed E-state index contributed by atoms with van der Waals surface area (Å²) >= 11 is 5.78. The first-order valence-electron chi connectivity index (χ1n) is 6.71. The fourth-order valence-corrected chi connectivity index (χ4v) is 3.18. The molecule has 0 unspecified atom stereocenters. The van der Waals surface area contributed by atoms with Crippen molar-refractivity contribution in [2.24, 2.45) is 0 Å². The highest BCUT2D eigenvalue weighted by molar-refractivity contribution is 7.89. The van der Waals surface area contributed by atoms with Crippen LogP contribution in [0.5, 0.6) is 0 Å². The summed E-state index contributed by atoms with van der Waals surface area (Å²) < 4.78 is 24.4. The van der Waals surface area contributed by atoms with Gasteiger partial charge >= 0.3 is 5.97 Å². The van der Waals surface area contributed by atoms with Crippen LogP contribution < -0.4 is 10.3 Å². The summed E-state index contributed by atoms with van der Waals surface area (Å²) in [4.78, 5) is 34.0. The topological polar surface area (TPSA) is 156 Å². The number of carboxylic acids is 1. The van der Waals surface area contributed by atoms with E-state index >= 15 is 0 Å². The molecule has 2 aromatic rings. The van der Waals surface area contributed by atoms with Crippen molar-refractivity contribution >= 4 is 39.2 Å². The van der Waals surface area contributed by atoms with Gasteiger partial charge in [0.1, 0.15) is 4.90 Å². The second kappa shape index (κ2) is 7.47. The highest BCUT2D eigenvalue weighted by Crippen LogP contribution is 2.22. The predicted molar refractivity (Wildman–Crippen MR) is 89.3 cm³/mol. The maximum Gasteiger partial charge on any atom is 0.335 e. The van der Waals surface area contributed by atoms with Gasteiger partial charge in [0.25, 0.3) is 21.6 Å². The van der Waals surface area contributed by atoms with E-state index in [4.69, 9.17) is 16.7 Å². The molecule has 10 nitrogen and oxygen atoms in total. The molecular formula is C14H10ClN3O7S. The van der Waals surface area contributed by atoms with Crippen LogP contribution in [0.15, 0.2) is 47.4 Å². The van der Waals surface area contributed by atoms with Gasteiger partial charge in [-0.15, -0.1) is 4.83 Å². The van der Waals surface area contributed by atoms with E-state index in [9.17, 15) is 28.1 Å². The minimum absolute atomic E-state index is 0.0383. The number of rotatable bonds is 6. The smallest absolute Gasteiger partial charge is 0.335 e. The average Bonchev–Trinajstić information content (AvgIpc) is 2.59. The van der Waals surface area contributed by atoms with Gasteiger partial charge in [-0.25, -0.2) is 13.2 Å². The maximum atomic E-state index is 12.2. The fraction of sp³-hybridized carbons (Fsp3) is 0. The molecule has 2 rings (SSSR count). The van der Waals surface area contributed by atoms with Gasteiger partial charge < -0.3 is 5.11 Å². The first-order valence-corrected chi connectivity index (χ1v) is 8.57. The van der Waals surface area contributed by atoms with Crippen LogP contribution in [0.1, 0.15) is 20.7 Å². The second-order valence-corrected chi connectivity index (χ2v) is 6.87. The Morgan fingerprint density at radius 1 is 1.08 bits per heavy atom. The first kappa shape index (κ1) is 19.3. The van der Waals surface area contributed by atoms with E-state index in [1.807, 2.05) is 5.43 Å². The van der Waals surface area contributed by atoms with Crippen molar-refractivity contribution < 1.29 is 28.0 Å². The van der Waals surface area contributed by atoms with Crippen molar-refractivity contribution in [3.8, 4) is 0 Å². The molecule has 0 heterocycles. The summed E-state index contributed by atoms with van der Waals surface area (Å²) in [5.41, 5.74) is 1.33. The maximum absolute atomic E-state index is 12.2. The van der Waals surface area contributed by atoms with E-state index in [0.717, 1.165) is 42.5 Å². The molecule has 0 aliphatic heterocycles. The number of hydrazine groups is 1. The number of hydrogen-bond donors (Lipinski definition) is 3. The summed E-state index contributed by atoms with van der Waals surface area (Å²) in [6, 6.07) is 7.49. The highest BCUT2D eigenvalue weighted by atomic mass is 35.5. The van der Waals surface area contributed by atoms with Crippen molar-refractivity contribution in [3.63, 3.8) is 0 Å². The Labute approximate surface area is 151 Å². The van der Waals surface area contributed by atoms with Crippen LogP contribution in [-0.4, -0.2) is 30.3 Å². The van der Waals surface area contributed by atoms with Crippen LogP contribution in [0, 0.1) is 10.1 Å². The van der Waals surface area contributed by atoms with Crippen LogP contribution in [0.3, 0.4) is 0 Å². The number of carbonyl (C=O) groups is 2. The number of nitro groups is 1. The standard InChI is InChI=1S/C14H10ClN3O7S/c15-11-6-3-9(14(20)21)7-12(11)26(24,25)17-16-13(19)8-1-4-10(5-2-8)18(22)23/h1-7,17H,(H,16,19)(H,20,21). The van der Waals surface area contributed by atoms with Crippen LogP contribution in [0.25, 0.3) is 0 Å². The molecule has 26 heavy (non-hydrogen) atoms. The molecule has 0 saturated heterocycles. The van der Waals surface area contributed by atoms with Crippen LogP contribution in [0.2, 0.25) is 5.02 Å². The normalized spacial score (nSPS) is 11.0. The summed E-state index contributed by atoms with van der Waals surface area (Å²) in [5.74, 6) is -2.23. The molecule has 0 aliphatic carbocycles. The van der Waals surface area contributed by atoms with Gasteiger partial charge in [-0.05, 0) is 30.3 Å². The van der Waals surface area contributed by atoms with E-state index in [1.54, 1.807) is 4.83 Å². The van der Waals surface area contributed by atoms with Crippen molar-refractivity contribution in [2.75, 3.05) is 0 Å². The molecule has 0 fully saturated rings. The average molecular weight is 400 g/mol. The number of carbonyl (C=O) groups excluding carboxylic acids is 1. The van der Waals surface area contributed by atoms with Crippen molar-refractivity contribution in [1.29, 1.82) is 0 Å². The van der Waals surface area contributed by atoms with Crippen molar-refractivity contribution in [1.82, 2.24) is 10.3 Å². The minimum atomic E-state index is -4.36. The molecule has 1 amide bonds. The third kappa shape index (κ3) is 4.33. The summed E-state index contributed by atoms with van der Waals surface area (Å²) in [7, 11) is -4.36. The minimum Gasteiger partial charge on any atom is -0.478 e. The molecule has 136 valence electrons. The SMILES string of the molecule is O=C(O)c1ccc(Cl)c(S(=O)(=O)NNC(=O)c2ccc([N+](=O)[O-])cc2)c1. The van der Waals surface area contributed by atoms with Crippen LogP contribution >= 0.6 is 11.6 Å². The summed E-state index contributed by atoms with van der Waals surface area (Å²) in [5, 5.41) is 19.2. The van der Waals surface area contributed by atoms with Crippen LogP contribution in [-0.2, 0) is 10.0 Å². The lowest BCUT2D eigenvalue weighted by molar-refractivity contribution is -0.384. The number of nitrogens with zero attached hydrogens (tertiary/aromatic N) is 1. The molecule has 0 aliphatic rings. The third-order valence-electron chi connectivity index (χ3n) is 3.11. The number of nitro benzene ring substituents is 1. The number of non-ortho nitro benzene ring substituents is 1. The number of nitrogens with one attached hydrogen (secondary N) is 2. The quantitative estimate of drug-likeness (QED) is 0.491. The lowest BCUT2D eigenvalue weighted by Gasteiger charge is -2.10. The summed E-state index contributed by atoms with van der Waals surface area (Å²) in [6.45, 7) is 0. The lowest BCUT2D eigenvalue weighted by atomic mass is 10.2. The molecule has 2 aromatic carbocycles. The fourth-order valence-electron chi connectivity index (χ4n) is 1.82. The number of benzene rings is 2. The molecule has 0 radical (unpaired) electrons. The van der Waals surface area contributed by atoms with Crippen LogP contribution in [0.4, 0.5) is 5.69 Å². The van der Waals surface area contributed by atoms with Gasteiger partial charge in [-0.2, -0.15) is 0 Å². The Kier molecular flexibility index (Phi) is 5.55. The number of sulfonamides is 1. The molecule has 0 spiro atoms. The van der Waals surface area contributed by atoms with E-state index in [0.29, 0.717) is 0 Å². The Bertz CT molecular complexity index is 990. The Hall–Kier alpha value is -3.02. The zero-order chi connectivity index (χ0) is 19.5.